The van der Waals surface area contributed by atoms with Crippen molar-refractivity contribution >= 4 is 29.3 Å². The lowest BCUT2D eigenvalue weighted by Crippen LogP contribution is -2.54. The third-order valence-corrected chi connectivity index (χ3v) is 4.97. The number of piperazine rings is 1. The van der Waals surface area contributed by atoms with E-state index in [2.05, 4.69) is 0 Å². The Balaban J connectivity index is 1.87. The molecule has 30 heavy (non-hydrogen) atoms. The van der Waals surface area contributed by atoms with Gasteiger partial charge in [-0.25, -0.2) is 4.39 Å². The summed E-state index contributed by atoms with van der Waals surface area (Å²) in [6, 6.07) is -0.168. The molecule has 4 rings (SSSR count). The maximum Gasteiger partial charge on any atom is 0.262 e. The lowest BCUT2D eigenvalue weighted by Gasteiger charge is -2.43. The number of hydrogen-bond donors (Lipinski definition) is 1. The smallest absolute Gasteiger partial charge is 0.262 e. The molecule has 0 saturated carbocycles. The number of carbonyl (C=O) groups excluding carboxylic acids is 4. The molecule has 1 unspecified atom stereocenters. The summed E-state index contributed by atoms with van der Waals surface area (Å²) in [5.74, 6) is -5.07. The van der Waals surface area contributed by atoms with Crippen molar-refractivity contribution in [2.45, 2.75) is 45.2 Å². The zero-order valence-electron chi connectivity index (χ0n) is 24.5. The molecule has 1 aromatic carbocycles. The molecule has 3 aliphatic heterocycles. The maximum atomic E-state index is 15.5. The third kappa shape index (κ3) is 3.36. The van der Waals surface area contributed by atoms with E-state index in [-0.39, 0.29) is 17.7 Å². The fourth-order valence-corrected chi connectivity index (χ4v) is 3.36. The minimum absolute atomic E-state index is 0.0236. The second kappa shape index (κ2) is 7.16. The Labute approximate surface area is 185 Å². The van der Waals surface area contributed by atoms with Crippen LogP contribution in [0.15, 0.2) is 12.1 Å². The molecule has 1 aromatic rings. The van der Waals surface area contributed by atoms with Crippen LogP contribution in [0, 0.1) is 5.82 Å². The highest BCUT2D eigenvalue weighted by molar-refractivity contribution is 6.23. The average Bonchev–Trinajstić information content (AvgIpc) is 2.95. The van der Waals surface area contributed by atoms with Crippen LogP contribution in [-0.4, -0.2) is 71.0 Å². The van der Waals surface area contributed by atoms with Crippen LogP contribution in [0.25, 0.3) is 0 Å². The Kier molecular flexibility index (Phi) is 3.05. The molecule has 160 valence electrons. The second-order valence-corrected chi connectivity index (χ2v) is 8.09. The highest BCUT2D eigenvalue weighted by Crippen LogP contribution is 2.33. The van der Waals surface area contributed by atoms with E-state index in [9.17, 15) is 19.2 Å². The predicted molar refractivity (Wildman–Crippen MR) is 107 cm³/mol. The van der Waals surface area contributed by atoms with E-state index in [1.807, 2.05) is 5.32 Å². The van der Waals surface area contributed by atoms with E-state index in [4.69, 9.17) is 11.0 Å². The van der Waals surface area contributed by atoms with Crippen molar-refractivity contribution in [3.63, 3.8) is 0 Å². The number of carbonyl (C=O) groups is 4. The fourth-order valence-electron chi connectivity index (χ4n) is 3.36. The van der Waals surface area contributed by atoms with E-state index in [1.165, 1.54) is 20.8 Å². The first-order chi connectivity index (χ1) is 17.1. The summed E-state index contributed by atoms with van der Waals surface area (Å²) in [4.78, 5) is 50.9. The number of anilines is 1. The van der Waals surface area contributed by atoms with Gasteiger partial charge in [0.2, 0.25) is 11.8 Å². The molecule has 1 N–H and O–H groups in total. The zero-order chi connectivity index (χ0) is 29.0. The molecule has 2 fully saturated rings. The van der Waals surface area contributed by atoms with Gasteiger partial charge in [0.05, 0.1) is 22.3 Å². The van der Waals surface area contributed by atoms with Crippen molar-refractivity contribution in [1.82, 2.24) is 15.1 Å². The van der Waals surface area contributed by atoms with Gasteiger partial charge in [-0.3, -0.25) is 34.3 Å². The SMILES string of the molecule is [2H]C1([2H])N(c2cc3c(cc2F)C(=O)N(C2CCC(=O)NC2=O)C3=O)C([2H])([2H])C([2H])([2H])N(C(C)(C)C)C1([2H])[2H]. The van der Waals surface area contributed by atoms with Gasteiger partial charge in [0.1, 0.15) is 11.9 Å². The van der Waals surface area contributed by atoms with Crippen LogP contribution in [0.5, 0.6) is 0 Å². The first-order valence-corrected chi connectivity index (χ1v) is 9.26. The number of nitrogens with zero attached hydrogens (tertiary/aromatic N) is 3. The number of rotatable bonds is 2. The van der Waals surface area contributed by atoms with Crippen LogP contribution in [0.4, 0.5) is 10.1 Å². The van der Waals surface area contributed by atoms with Crippen LogP contribution < -0.4 is 10.2 Å². The molecule has 9 heteroatoms. The molecule has 1 atom stereocenters. The first kappa shape index (κ1) is 12.8. The quantitative estimate of drug-likeness (QED) is 0.717. The standard InChI is InChI=1S/C21H25FN4O4/c1-21(2,3)25-8-6-24(7-9-25)16-11-13-12(10-14(16)22)19(29)26(20(13)30)15-4-5-17(27)23-18(15)28/h10-11,15H,4-9H2,1-3H3,(H,23,27,28)/i6D2,7D2,8D2,9D2. The van der Waals surface area contributed by atoms with Crippen LogP contribution in [0.3, 0.4) is 0 Å². The van der Waals surface area contributed by atoms with Crippen molar-refractivity contribution in [2.24, 2.45) is 0 Å². The largest absolute Gasteiger partial charge is 0.367 e. The van der Waals surface area contributed by atoms with E-state index in [0.717, 1.165) is 0 Å². The summed E-state index contributed by atoms with van der Waals surface area (Å²) in [6.45, 7) is -9.16. The van der Waals surface area contributed by atoms with E-state index in [0.29, 0.717) is 21.9 Å². The van der Waals surface area contributed by atoms with Gasteiger partial charge < -0.3 is 4.90 Å². The molecule has 2 saturated heterocycles. The molecule has 4 amide bonds. The second-order valence-electron chi connectivity index (χ2n) is 8.09. The Bertz CT molecular complexity index is 1250. The number of fused-ring (bicyclic) bond motifs is 1. The molecule has 0 aliphatic carbocycles. The van der Waals surface area contributed by atoms with Gasteiger partial charge in [-0.1, -0.05) is 0 Å². The van der Waals surface area contributed by atoms with Crippen molar-refractivity contribution in [3.8, 4) is 0 Å². The van der Waals surface area contributed by atoms with Gasteiger partial charge in [-0.15, -0.1) is 0 Å². The van der Waals surface area contributed by atoms with Crippen LogP contribution >= 0.6 is 0 Å². The zero-order valence-corrected chi connectivity index (χ0v) is 16.5. The normalized spacial score (nSPS) is 33.8. The summed E-state index contributed by atoms with van der Waals surface area (Å²) in [5.41, 5.74) is -3.43. The molecular formula is C21H25FN4O4. The minimum atomic E-state index is -3.40. The Morgan fingerprint density at radius 2 is 1.63 bits per heavy atom. The van der Waals surface area contributed by atoms with Gasteiger partial charge in [-0.2, -0.15) is 0 Å². The highest BCUT2D eigenvalue weighted by Gasteiger charge is 2.45. The van der Waals surface area contributed by atoms with Crippen molar-refractivity contribution in [1.29, 1.82) is 0 Å². The molecule has 0 bridgehead atoms. The number of nitrogens with one attached hydrogen (secondary N) is 1. The Hall–Kier alpha value is -2.81. The lowest BCUT2D eigenvalue weighted by atomic mass is 10.0. The molecule has 0 spiro atoms. The van der Waals surface area contributed by atoms with E-state index < -0.39 is 83.8 Å². The van der Waals surface area contributed by atoms with Gasteiger partial charge in [0.25, 0.3) is 11.8 Å². The number of benzene rings is 1. The number of halogens is 1. The Morgan fingerprint density at radius 3 is 2.20 bits per heavy atom. The van der Waals surface area contributed by atoms with Crippen molar-refractivity contribution in [2.75, 3.05) is 30.9 Å². The van der Waals surface area contributed by atoms with Crippen LogP contribution in [0.1, 0.15) is 65.3 Å². The van der Waals surface area contributed by atoms with Crippen LogP contribution in [-0.2, 0) is 9.59 Å². The monoisotopic (exact) mass is 424 g/mol. The number of amides is 4. The van der Waals surface area contributed by atoms with Gasteiger partial charge in [-0.05, 0) is 39.3 Å². The number of imide groups is 2. The average molecular weight is 425 g/mol. The molecule has 0 aromatic heterocycles. The molecular weight excluding hydrogens is 391 g/mol. The van der Waals surface area contributed by atoms with Gasteiger partial charge in [0.15, 0.2) is 0 Å². The fraction of sp³-hybridized carbons (Fsp3) is 0.524. The number of piperidine rings is 1. The predicted octanol–water partition coefficient (Wildman–Crippen LogP) is 1.15. The highest BCUT2D eigenvalue weighted by atomic mass is 19.1. The topological polar surface area (TPSA) is 90.0 Å². The molecule has 0 radical (unpaired) electrons. The summed E-state index contributed by atoms with van der Waals surface area (Å²) in [7, 11) is 0. The van der Waals surface area contributed by atoms with Gasteiger partial charge in [0, 0.05) is 43.4 Å². The first-order valence-electron chi connectivity index (χ1n) is 13.3. The minimum Gasteiger partial charge on any atom is -0.367 e. The van der Waals surface area contributed by atoms with Crippen molar-refractivity contribution in [3.05, 3.63) is 29.1 Å². The summed E-state index contributed by atoms with van der Waals surface area (Å²) < 4.78 is 83.7. The van der Waals surface area contributed by atoms with Crippen LogP contribution in [0.2, 0.25) is 0 Å². The van der Waals surface area contributed by atoms with E-state index in [1.54, 1.807) is 0 Å². The maximum absolute atomic E-state index is 15.5. The summed E-state index contributed by atoms with van der Waals surface area (Å²) in [6.07, 6.45) is -0.336. The summed E-state index contributed by atoms with van der Waals surface area (Å²) in [5, 5.41) is 2.01. The molecule has 3 aliphatic rings. The van der Waals surface area contributed by atoms with E-state index >= 15 is 4.39 Å². The molecule has 8 nitrogen and oxygen atoms in total. The third-order valence-electron chi connectivity index (χ3n) is 4.97. The molecule has 3 heterocycles. The van der Waals surface area contributed by atoms with Gasteiger partial charge >= 0.3 is 0 Å². The number of hydrogen-bond acceptors (Lipinski definition) is 6. The van der Waals surface area contributed by atoms with Crippen molar-refractivity contribution < 1.29 is 34.5 Å². The summed E-state index contributed by atoms with van der Waals surface area (Å²) >= 11 is 0. The Morgan fingerprint density at radius 1 is 1.03 bits per heavy atom. The lowest BCUT2D eigenvalue weighted by molar-refractivity contribution is -0.136.